The molecule has 21 heavy (non-hydrogen) atoms. The first-order valence-corrected chi connectivity index (χ1v) is 6.66. The van der Waals surface area contributed by atoms with Crippen LogP contribution in [0.5, 0.6) is 6.01 Å². The highest BCUT2D eigenvalue weighted by Gasteiger charge is 2.08. The summed E-state index contributed by atoms with van der Waals surface area (Å²) in [5.41, 5.74) is 3.41. The Labute approximate surface area is 123 Å². The topological polar surface area (TPSA) is 47.0 Å². The number of aromatic nitrogens is 2. The van der Waals surface area contributed by atoms with Gasteiger partial charge < -0.3 is 10.1 Å². The third-order valence-electron chi connectivity index (χ3n) is 3.00. The van der Waals surface area contributed by atoms with Crippen molar-refractivity contribution in [2.24, 2.45) is 0 Å². The lowest BCUT2D eigenvalue weighted by molar-refractivity contribution is 0.332. The molecule has 1 heterocycles. The summed E-state index contributed by atoms with van der Waals surface area (Å²) in [6, 6.07) is 6.28. The predicted octanol–water partition coefficient (Wildman–Crippen LogP) is 3.41. The van der Waals surface area contributed by atoms with Crippen LogP contribution in [0, 0.1) is 19.7 Å². The second kappa shape index (κ2) is 6.83. The number of hydrogen-bond donors (Lipinski definition) is 1. The van der Waals surface area contributed by atoms with Gasteiger partial charge in [0.25, 0.3) is 0 Å². The normalized spacial score (nSPS) is 10.2. The van der Waals surface area contributed by atoms with Gasteiger partial charge in [-0.1, -0.05) is 36.4 Å². The van der Waals surface area contributed by atoms with Crippen molar-refractivity contribution in [1.82, 2.24) is 9.97 Å². The third-order valence-corrected chi connectivity index (χ3v) is 3.00. The minimum atomic E-state index is -0.508. The van der Waals surface area contributed by atoms with Crippen molar-refractivity contribution in [3.8, 4) is 6.01 Å². The van der Waals surface area contributed by atoms with E-state index in [0.29, 0.717) is 6.54 Å². The lowest BCUT2D eigenvalue weighted by Gasteiger charge is -2.10. The summed E-state index contributed by atoms with van der Waals surface area (Å²) in [5, 5.41) is 2.98. The van der Waals surface area contributed by atoms with E-state index in [0.717, 1.165) is 22.9 Å². The van der Waals surface area contributed by atoms with Crippen LogP contribution in [0.2, 0.25) is 0 Å². The number of halogens is 1. The number of benzene rings is 1. The summed E-state index contributed by atoms with van der Waals surface area (Å²) < 4.78 is 18.9. The van der Waals surface area contributed by atoms with Crippen LogP contribution >= 0.6 is 0 Å². The first-order chi connectivity index (χ1) is 10.1. The fraction of sp³-hybridized carbons (Fsp3) is 0.250. The van der Waals surface area contributed by atoms with Crippen LogP contribution in [0.1, 0.15) is 16.7 Å². The average molecular weight is 287 g/mol. The van der Waals surface area contributed by atoms with Crippen LogP contribution in [0.25, 0.3) is 0 Å². The predicted molar refractivity (Wildman–Crippen MR) is 80.9 cm³/mol. The molecular formula is C16H18FN3O. The van der Waals surface area contributed by atoms with Crippen molar-refractivity contribution >= 4 is 5.82 Å². The second-order valence-corrected chi connectivity index (χ2v) is 4.73. The SMILES string of the molecule is C=CCOc1ncc(F)c(NCc2cc(C)ccc2C)n1. The fourth-order valence-electron chi connectivity index (χ4n) is 1.85. The highest BCUT2D eigenvalue weighted by Crippen LogP contribution is 2.16. The second-order valence-electron chi connectivity index (χ2n) is 4.73. The molecule has 0 radical (unpaired) electrons. The smallest absolute Gasteiger partial charge is 0.318 e. The van der Waals surface area contributed by atoms with Gasteiger partial charge in [0.15, 0.2) is 11.6 Å². The van der Waals surface area contributed by atoms with Crippen molar-refractivity contribution in [3.05, 3.63) is 59.6 Å². The maximum atomic E-state index is 13.7. The molecule has 0 spiro atoms. The van der Waals surface area contributed by atoms with Gasteiger partial charge >= 0.3 is 6.01 Å². The zero-order valence-electron chi connectivity index (χ0n) is 12.2. The number of aryl methyl sites for hydroxylation is 2. The maximum Gasteiger partial charge on any atom is 0.318 e. The van der Waals surface area contributed by atoms with Crippen LogP contribution in [0.15, 0.2) is 37.1 Å². The van der Waals surface area contributed by atoms with Gasteiger partial charge in [-0.3, -0.25) is 0 Å². The van der Waals surface area contributed by atoms with Crippen molar-refractivity contribution in [2.75, 3.05) is 11.9 Å². The zero-order valence-corrected chi connectivity index (χ0v) is 12.2. The fourth-order valence-corrected chi connectivity index (χ4v) is 1.85. The van der Waals surface area contributed by atoms with Gasteiger partial charge in [-0.15, -0.1) is 0 Å². The molecule has 0 aliphatic rings. The molecule has 0 saturated carbocycles. The van der Waals surface area contributed by atoms with E-state index in [2.05, 4.69) is 27.9 Å². The van der Waals surface area contributed by atoms with Crippen LogP contribution in [-0.4, -0.2) is 16.6 Å². The number of ether oxygens (including phenoxy) is 1. The molecule has 0 amide bonds. The summed E-state index contributed by atoms with van der Waals surface area (Å²) in [4.78, 5) is 7.78. The van der Waals surface area contributed by atoms with E-state index in [1.165, 1.54) is 0 Å². The first-order valence-electron chi connectivity index (χ1n) is 6.66. The maximum absolute atomic E-state index is 13.7. The van der Waals surface area contributed by atoms with Crippen molar-refractivity contribution < 1.29 is 9.13 Å². The Hall–Kier alpha value is -2.43. The molecule has 0 atom stereocenters. The molecule has 0 aliphatic carbocycles. The highest BCUT2D eigenvalue weighted by atomic mass is 19.1. The molecule has 0 unspecified atom stereocenters. The lowest BCUT2D eigenvalue weighted by atomic mass is 10.1. The minimum Gasteiger partial charge on any atom is -0.459 e. The molecule has 1 aromatic carbocycles. The molecule has 4 nitrogen and oxygen atoms in total. The van der Waals surface area contributed by atoms with Crippen LogP contribution in [0.3, 0.4) is 0 Å². The minimum absolute atomic E-state index is 0.125. The number of hydrogen-bond acceptors (Lipinski definition) is 4. The summed E-state index contributed by atoms with van der Waals surface area (Å²) in [7, 11) is 0. The van der Waals surface area contributed by atoms with Crippen molar-refractivity contribution in [2.45, 2.75) is 20.4 Å². The van der Waals surface area contributed by atoms with Crippen molar-refractivity contribution in [3.63, 3.8) is 0 Å². The van der Waals surface area contributed by atoms with Crippen molar-refractivity contribution in [1.29, 1.82) is 0 Å². The molecule has 2 rings (SSSR count). The number of rotatable bonds is 6. The third kappa shape index (κ3) is 4.02. The van der Waals surface area contributed by atoms with E-state index in [-0.39, 0.29) is 18.4 Å². The Morgan fingerprint density at radius 1 is 1.38 bits per heavy atom. The Kier molecular flexibility index (Phi) is 4.87. The monoisotopic (exact) mass is 287 g/mol. The highest BCUT2D eigenvalue weighted by molar-refractivity contribution is 5.39. The van der Waals surface area contributed by atoms with Gasteiger partial charge in [-0.05, 0) is 25.0 Å². The van der Waals surface area contributed by atoms with Gasteiger partial charge in [-0.2, -0.15) is 4.98 Å². The average Bonchev–Trinajstić information content (AvgIpc) is 2.48. The first kappa shape index (κ1) is 15.0. The number of nitrogens with zero attached hydrogens (tertiary/aromatic N) is 2. The molecule has 5 heteroatoms. The molecule has 0 bridgehead atoms. The van der Waals surface area contributed by atoms with E-state index >= 15 is 0 Å². The van der Waals surface area contributed by atoms with Gasteiger partial charge in [0.2, 0.25) is 0 Å². The number of anilines is 1. The standard InChI is InChI=1S/C16H18FN3O/c1-4-7-21-16-19-10-14(17)15(20-16)18-9-13-8-11(2)5-6-12(13)3/h4-6,8,10H,1,7,9H2,2-3H3,(H,18,19,20). The van der Waals surface area contributed by atoms with Gasteiger partial charge in [0, 0.05) is 6.54 Å². The Morgan fingerprint density at radius 2 is 2.19 bits per heavy atom. The summed E-state index contributed by atoms with van der Waals surface area (Å²) in [6.07, 6.45) is 2.67. The number of nitrogens with one attached hydrogen (secondary N) is 1. The largest absolute Gasteiger partial charge is 0.459 e. The van der Waals surface area contributed by atoms with E-state index in [1.807, 2.05) is 26.0 Å². The molecule has 110 valence electrons. The molecule has 0 fully saturated rings. The molecule has 1 N–H and O–H groups in total. The summed E-state index contributed by atoms with van der Waals surface area (Å²) in [5.74, 6) is -0.378. The molecule has 2 aromatic rings. The quantitative estimate of drug-likeness (QED) is 0.827. The molecular weight excluding hydrogens is 269 g/mol. The van der Waals surface area contributed by atoms with E-state index < -0.39 is 5.82 Å². The Balaban J connectivity index is 2.11. The Bertz CT molecular complexity index is 643. The molecule has 0 aliphatic heterocycles. The molecule has 1 aromatic heterocycles. The summed E-state index contributed by atoms with van der Waals surface area (Å²) >= 11 is 0. The van der Waals surface area contributed by atoms with Crippen LogP contribution in [0.4, 0.5) is 10.2 Å². The van der Waals surface area contributed by atoms with E-state index in [4.69, 9.17) is 4.74 Å². The zero-order chi connectivity index (χ0) is 15.2. The van der Waals surface area contributed by atoms with Gasteiger partial charge in [0.05, 0.1) is 6.20 Å². The molecule has 0 saturated heterocycles. The van der Waals surface area contributed by atoms with Gasteiger partial charge in [0.1, 0.15) is 6.61 Å². The van der Waals surface area contributed by atoms with Gasteiger partial charge in [-0.25, -0.2) is 9.37 Å². The lowest BCUT2D eigenvalue weighted by Crippen LogP contribution is -2.07. The van der Waals surface area contributed by atoms with Crippen LogP contribution in [-0.2, 0) is 6.54 Å². The van der Waals surface area contributed by atoms with E-state index in [1.54, 1.807) is 6.08 Å². The summed E-state index contributed by atoms with van der Waals surface area (Å²) in [6.45, 7) is 8.35. The van der Waals surface area contributed by atoms with E-state index in [9.17, 15) is 4.39 Å². The van der Waals surface area contributed by atoms with Crippen LogP contribution < -0.4 is 10.1 Å². The Morgan fingerprint density at radius 3 is 2.95 bits per heavy atom.